The molecule has 0 amide bonds. The molecule has 0 spiro atoms. The molecular formula is C10H10BrFN4O. The molecule has 1 aromatic heterocycles. The number of nitrogens with two attached hydrogens (primary N) is 1. The van der Waals surface area contributed by atoms with Gasteiger partial charge in [0.15, 0.2) is 5.75 Å². The smallest absolute Gasteiger partial charge is 0.157 e. The quantitative estimate of drug-likeness (QED) is 0.879. The third kappa shape index (κ3) is 2.73. The lowest BCUT2D eigenvalue weighted by Gasteiger charge is -2.09. The third-order valence-corrected chi connectivity index (χ3v) is 2.64. The fourth-order valence-electron chi connectivity index (χ4n) is 1.34. The summed E-state index contributed by atoms with van der Waals surface area (Å²) in [7, 11) is 1.76. The van der Waals surface area contributed by atoms with Crippen LogP contribution in [-0.4, -0.2) is 15.0 Å². The van der Waals surface area contributed by atoms with Crippen LogP contribution >= 0.6 is 15.9 Å². The number of anilines is 1. The lowest BCUT2D eigenvalue weighted by Crippen LogP contribution is -2.00. The highest BCUT2D eigenvalue weighted by Crippen LogP contribution is 2.32. The molecule has 2 aromatic rings. The van der Waals surface area contributed by atoms with Crippen LogP contribution < -0.4 is 10.5 Å². The van der Waals surface area contributed by atoms with E-state index < -0.39 is 5.82 Å². The second kappa shape index (κ2) is 4.70. The summed E-state index contributed by atoms with van der Waals surface area (Å²) < 4.78 is 20.5. The van der Waals surface area contributed by atoms with E-state index >= 15 is 0 Å². The highest BCUT2D eigenvalue weighted by atomic mass is 79.9. The Labute approximate surface area is 106 Å². The Morgan fingerprint density at radius 1 is 1.53 bits per heavy atom. The van der Waals surface area contributed by atoms with E-state index in [1.807, 2.05) is 0 Å². The molecule has 2 rings (SSSR count). The van der Waals surface area contributed by atoms with Crippen molar-refractivity contribution < 1.29 is 9.13 Å². The van der Waals surface area contributed by atoms with Crippen molar-refractivity contribution in [1.29, 1.82) is 0 Å². The van der Waals surface area contributed by atoms with Crippen molar-refractivity contribution >= 4 is 21.6 Å². The normalized spacial score (nSPS) is 10.5. The van der Waals surface area contributed by atoms with Crippen LogP contribution in [0.25, 0.3) is 0 Å². The molecule has 7 heteroatoms. The maximum absolute atomic E-state index is 13.0. The van der Waals surface area contributed by atoms with E-state index in [1.165, 1.54) is 12.1 Å². The summed E-state index contributed by atoms with van der Waals surface area (Å²) in [6.45, 7) is 0.224. The summed E-state index contributed by atoms with van der Waals surface area (Å²) >= 11 is 3.19. The Morgan fingerprint density at radius 2 is 2.29 bits per heavy atom. The maximum Gasteiger partial charge on any atom is 0.157 e. The van der Waals surface area contributed by atoms with Crippen molar-refractivity contribution in [2.24, 2.45) is 7.05 Å². The van der Waals surface area contributed by atoms with Gasteiger partial charge < -0.3 is 10.5 Å². The topological polar surface area (TPSA) is 66.0 Å². The van der Waals surface area contributed by atoms with E-state index in [2.05, 4.69) is 26.2 Å². The molecule has 0 saturated heterocycles. The Hall–Kier alpha value is -1.63. The Kier molecular flexibility index (Phi) is 3.28. The van der Waals surface area contributed by atoms with Crippen LogP contribution in [0.1, 0.15) is 5.69 Å². The van der Waals surface area contributed by atoms with E-state index in [0.717, 1.165) is 0 Å². The van der Waals surface area contributed by atoms with Gasteiger partial charge in [-0.05, 0) is 22.0 Å². The van der Waals surface area contributed by atoms with Gasteiger partial charge in [-0.25, -0.2) is 4.39 Å². The number of hydrogen-bond donors (Lipinski definition) is 1. The van der Waals surface area contributed by atoms with Gasteiger partial charge in [-0.15, -0.1) is 5.10 Å². The van der Waals surface area contributed by atoms with Crippen molar-refractivity contribution in [3.05, 3.63) is 34.3 Å². The summed E-state index contributed by atoms with van der Waals surface area (Å²) in [5.41, 5.74) is 6.56. The first-order valence-corrected chi connectivity index (χ1v) is 5.58. The van der Waals surface area contributed by atoms with Crippen molar-refractivity contribution in [2.75, 3.05) is 5.73 Å². The molecule has 1 heterocycles. The molecule has 0 unspecified atom stereocenters. The molecule has 0 atom stereocenters. The molecule has 2 N–H and O–H groups in total. The van der Waals surface area contributed by atoms with Gasteiger partial charge in [-0.1, -0.05) is 5.21 Å². The molecule has 0 saturated carbocycles. The molecular weight excluding hydrogens is 291 g/mol. The molecule has 90 valence electrons. The van der Waals surface area contributed by atoms with Gasteiger partial charge >= 0.3 is 0 Å². The van der Waals surface area contributed by atoms with Crippen LogP contribution in [0.2, 0.25) is 0 Å². The summed E-state index contributed by atoms with van der Waals surface area (Å²) in [5, 5.41) is 7.64. The average Bonchev–Trinajstić information content (AvgIpc) is 2.62. The first kappa shape index (κ1) is 11.8. The molecule has 1 aromatic carbocycles. The van der Waals surface area contributed by atoms with Crippen LogP contribution in [0.3, 0.4) is 0 Å². The van der Waals surface area contributed by atoms with E-state index in [0.29, 0.717) is 15.9 Å². The molecule has 0 aliphatic rings. The number of rotatable bonds is 3. The van der Waals surface area contributed by atoms with E-state index in [1.54, 1.807) is 17.9 Å². The van der Waals surface area contributed by atoms with Crippen molar-refractivity contribution in [3.63, 3.8) is 0 Å². The Morgan fingerprint density at radius 3 is 2.88 bits per heavy atom. The Bertz CT molecular complexity index is 520. The fourth-order valence-corrected chi connectivity index (χ4v) is 1.90. The van der Waals surface area contributed by atoms with Gasteiger partial charge in [-0.2, -0.15) is 0 Å². The predicted octanol–water partition coefficient (Wildman–Crippen LogP) is 1.88. The third-order valence-electron chi connectivity index (χ3n) is 2.05. The highest BCUT2D eigenvalue weighted by molar-refractivity contribution is 9.10. The largest absolute Gasteiger partial charge is 0.484 e. The van der Waals surface area contributed by atoms with E-state index in [9.17, 15) is 4.39 Å². The standard InChI is InChI=1S/C10H10BrFN4O/c1-16-4-7(14-15-16)5-17-10-8(11)2-6(12)3-9(10)13/h2-4H,5,13H2,1H3. The average molecular weight is 301 g/mol. The van der Waals surface area contributed by atoms with Crippen molar-refractivity contribution in [1.82, 2.24) is 15.0 Å². The second-order valence-corrected chi connectivity index (χ2v) is 4.33. The Balaban J connectivity index is 2.14. The van der Waals surface area contributed by atoms with Crippen LogP contribution in [-0.2, 0) is 13.7 Å². The van der Waals surface area contributed by atoms with Gasteiger partial charge in [0.2, 0.25) is 0 Å². The molecule has 0 bridgehead atoms. The minimum absolute atomic E-state index is 0.224. The number of hydrogen-bond acceptors (Lipinski definition) is 4. The summed E-state index contributed by atoms with van der Waals surface area (Å²) in [4.78, 5) is 0. The van der Waals surface area contributed by atoms with Crippen LogP contribution in [0.4, 0.5) is 10.1 Å². The minimum Gasteiger partial charge on any atom is -0.484 e. The van der Waals surface area contributed by atoms with Crippen LogP contribution in [0, 0.1) is 5.82 Å². The summed E-state index contributed by atoms with van der Waals surface area (Å²) in [6.07, 6.45) is 1.73. The van der Waals surface area contributed by atoms with Gasteiger partial charge in [0.05, 0.1) is 16.4 Å². The second-order valence-electron chi connectivity index (χ2n) is 3.48. The number of benzene rings is 1. The summed E-state index contributed by atoms with van der Waals surface area (Å²) in [5.74, 6) is -0.0155. The highest BCUT2D eigenvalue weighted by Gasteiger charge is 2.09. The molecule has 5 nitrogen and oxygen atoms in total. The number of aromatic nitrogens is 3. The lowest BCUT2D eigenvalue weighted by atomic mass is 10.3. The molecule has 0 aliphatic heterocycles. The zero-order valence-corrected chi connectivity index (χ0v) is 10.6. The molecule has 17 heavy (non-hydrogen) atoms. The number of halogens is 2. The zero-order chi connectivity index (χ0) is 12.4. The SMILES string of the molecule is Cn1cc(COc2c(N)cc(F)cc2Br)nn1. The molecule has 0 aliphatic carbocycles. The zero-order valence-electron chi connectivity index (χ0n) is 9.02. The lowest BCUT2D eigenvalue weighted by molar-refractivity contribution is 0.300. The maximum atomic E-state index is 13.0. The summed E-state index contributed by atoms with van der Waals surface area (Å²) in [6, 6.07) is 2.50. The fraction of sp³-hybridized carbons (Fsp3) is 0.200. The van der Waals surface area contributed by atoms with Crippen molar-refractivity contribution in [2.45, 2.75) is 6.61 Å². The number of ether oxygens (including phenoxy) is 1. The van der Waals surface area contributed by atoms with Gasteiger partial charge in [0.1, 0.15) is 18.1 Å². The molecule has 0 fully saturated rings. The first-order chi connectivity index (χ1) is 8.06. The molecule has 0 radical (unpaired) electrons. The van der Waals surface area contributed by atoms with Crippen LogP contribution in [0.5, 0.6) is 5.75 Å². The van der Waals surface area contributed by atoms with Gasteiger partial charge in [0, 0.05) is 13.1 Å². The van der Waals surface area contributed by atoms with E-state index in [-0.39, 0.29) is 12.3 Å². The first-order valence-electron chi connectivity index (χ1n) is 4.79. The monoisotopic (exact) mass is 300 g/mol. The van der Waals surface area contributed by atoms with E-state index in [4.69, 9.17) is 10.5 Å². The van der Waals surface area contributed by atoms with Gasteiger partial charge in [0.25, 0.3) is 0 Å². The number of aryl methyl sites for hydroxylation is 1. The van der Waals surface area contributed by atoms with Crippen molar-refractivity contribution in [3.8, 4) is 5.75 Å². The number of nitrogens with zero attached hydrogens (tertiary/aromatic N) is 3. The van der Waals surface area contributed by atoms with Crippen LogP contribution in [0.15, 0.2) is 22.8 Å². The van der Waals surface area contributed by atoms with Gasteiger partial charge in [-0.3, -0.25) is 4.68 Å². The number of nitrogen functional groups attached to an aromatic ring is 1. The predicted molar refractivity (Wildman–Crippen MR) is 63.8 cm³/mol. The minimum atomic E-state index is -0.416.